The fourth-order valence-electron chi connectivity index (χ4n) is 3.14. The summed E-state index contributed by atoms with van der Waals surface area (Å²) in [6.07, 6.45) is 0.927. The summed E-state index contributed by atoms with van der Waals surface area (Å²) in [5, 5.41) is 0.810. The van der Waals surface area contributed by atoms with Gasteiger partial charge in [-0.2, -0.15) is 0 Å². The second-order valence-corrected chi connectivity index (χ2v) is 6.87. The van der Waals surface area contributed by atoms with Gasteiger partial charge in [0.2, 0.25) is 0 Å². The number of hydrogen-bond donors (Lipinski definition) is 1. The standard InChI is InChI=1S/C17H17N3OS/c1-11-18-16(21)15-13-7-8-20(9-12-5-3-2-4-6-12)10-14(13)22-17(15)19-11/h2-6H,7-10H2,1H3,(H,18,19,21). The van der Waals surface area contributed by atoms with Crippen molar-refractivity contribution in [3.8, 4) is 0 Å². The van der Waals surface area contributed by atoms with E-state index >= 15 is 0 Å². The Balaban J connectivity index is 1.67. The molecule has 0 saturated heterocycles. The van der Waals surface area contributed by atoms with Crippen LogP contribution in [0.5, 0.6) is 0 Å². The maximum absolute atomic E-state index is 12.2. The Hall–Kier alpha value is -1.98. The van der Waals surface area contributed by atoms with E-state index in [-0.39, 0.29) is 5.56 Å². The molecule has 0 radical (unpaired) electrons. The largest absolute Gasteiger partial charge is 0.310 e. The van der Waals surface area contributed by atoms with E-state index < -0.39 is 0 Å². The number of fused-ring (bicyclic) bond motifs is 3. The third-order valence-corrected chi connectivity index (χ3v) is 5.27. The normalized spacial score (nSPS) is 15.1. The summed E-state index contributed by atoms with van der Waals surface area (Å²) in [5.74, 6) is 0.692. The van der Waals surface area contributed by atoms with Gasteiger partial charge in [-0.3, -0.25) is 9.69 Å². The van der Waals surface area contributed by atoms with Gasteiger partial charge in [-0.05, 0) is 24.5 Å². The molecule has 3 aromatic rings. The average Bonchev–Trinajstić information content (AvgIpc) is 2.85. The molecule has 0 aliphatic carbocycles. The highest BCUT2D eigenvalue weighted by Crippen LogP contribution is 2.32. The Labute approximate surface area is 132 Å². The van der Waals surface area contributed by atoms with Gasteiger partial charge < -0.3 is 4.98 Å². The van der Waals surface area contributed by atoms with Crippen molar-refractivity contribution in [1.82, 2.24) is 14.9 Å². The number of aryl methyl sites for hydroxylation is 1. The average molecular weight is 311 g/mol. The predicted octanol–water partition coefficient (Wildman–Crippen LogP) is 2.85. The molecule has 1 aromatic carbocycles. The molecule has 0 bridgehead atoms. The molecule has 1 N–H and O–H groups in total. The summed E-state index contributed by atoms with van der Waals surface area (Å²) in [4.78, 5) is 24.1. The molecule has 4 rings (SSSR count). The van der Waals surface area contributed by atoms with Gasteiger partial charge in [0.25, 0.3) is 5.56 Å². The van der Waals surface area contributed by atoms with Crippen molar-refractivity contribution in [3.63, 3.8) is 0 Å². The Morgan fingerprint density at radius 2 is 2.14 bits per heavy atom. The molecule has 0 spiro atoms. The molecule has 5 heteroatoms. The number of nitrogens with one attached hydrogen (secondary N) is 1. The minimum atomic E-state index is 0.0107. The monoisotopic (exact) mass is 311 g/mol. The van der Waals surface area contributed by atoms with E-state index in [1.807, 2.05) is 13.0 Å². The third kappa shape index (κ3) is 2.36. The van der Waals surface area contributed by atoms with Crippen LogP contribution in [0.3, 0.4) is 0 Å². The number of rotatable bonds is 2. The molecule has 0 atom stereocenters. The Bertz CT molecular complexity index is 882. The Morgan fingerprint density at radius 3 is 2.95 bits per heavy atom. The predicted molar refractivity (Wildman–Crippen MR) is 89.2 cm³/mol. The SMILES string of the molecule is Cc1nc2sc3c(c2c(=O)[nH]1)CCN(Cc1ccccc1)C3. The number of benzene rings is 1. The summed E-state index contributed by atoms with van der Waals surface area (Å²) in [6.45, 7) is 4.68. The van der Waals surface area contributed by atoms with Crippen LogP contribution in [0.15, 0.2) is 35.1 Å². The van der Waals surface area contributed by atoms with Crippen molar-refractivity contribution in [1.29, 1.82) is 0 Å². The zero-order chi connectivity index (χ0) is 15.1. The fraction of sp³-hybridized carbons (Fsp3) is 0.294. The van der Waals surface area contributed by atoms with Gasteiger partial charge in [0.05, 0.1) is 5.39 Å². The van der Waals surface area contributed by atoms with Gasteiger partial charge >= 0.3 is 0 Å². The van der Waals surface area contributed by atoms with E-state index in [1.165, 1.54) is 16.0 Å². The first-order chi connectivity index (χ1) is 10.7. The first-order valence-electron chi connectivity index (χ1n) is 7.48. The molecule has 3 heterocycles. The number of thiophene rings is 1. The van der Waals surface area contributed by atoms with Crippen LogP contribution in [-0.2, 0) is 19.5 Å². The van der Waals surface area contributed by atoms with Gasteiger partial charge in [-0.1, -0.05) is 30.3 Å². The summed E-state index contributed by atoms with van der Waals surface area (Å²) < 4.78 is 0. The van der Waals surface area contributed by atoms with Crippen molar-refractivity contribution in [3.05, 3.63) is 62.5 Å². The van der Waals surface area contributed by atoms with Crippen LogP contribution < -0.4 is 5.56 Å². The quantitative estimate of drug-likeness (QED) is 0.792. The van der Waals surface area contributed by atoms with E-state index in [0.29, 0.717) is 5.82 Å². The number of nitrogens with zero attached hydrogens (tertiary/aromatic N) is 2. The second kappa shape index (κ2) is 5.34. The molecule has 112 valence electrons. The lowest BCUT2D eigenvalue weighted by Crippen LogP contribution is -2.29. The van der Waals surface area contributed by atoms with Crippen LogP contribution >= 0.6 is 11.3 Å². The minimum absolute atomic E-state index is 0.0107. The van der Waals surface area contributed by atoms with Crippen LogP contribution in [0, 0.1) is 6.92 Å². The number of H-pyrrole nitrogens is 1. The minimum Gasteiger partial charge on any atom is -0.310 e. The van der Waals surface area contributed by atoms with Crippen molar-refractivity contribution in [2.45, 2.75) is 26.4 Å². The molecule has 4 nitrogen and oxygen atoms in total. The van der Waals surface area contributed by atoms with Crippen molar-refractivity contribution >= 4 is 21.6 Å². The van der Waals surface area contributed by atoms with Crippen LogP contribution in [0.1, 0.15) is 21.8 Å². The first-order valence-corrected chi connectivity index (χ1v) is 8.30. The summed E-state index contributed by atoms with van der Waals surface area (Å²) >= 11 is 1.67. The second-order valence-electron chi connectivity index (χ2n) is 5.78. The van der Waals surface area contributed by atoms with Crippen molar-refractivity contribution < 1.29 is 0 Å². The zero-order valence-electron chi connectivity index (χ0n) is 12.4. The lowest BCUT2D eigenvalue weighted by atomic mass is 10.0. The molecule has 1 aliphatic rings. The van der Waals surface area contributed by atoms with E-state index in [1.54, 1.807) is 11.3 Å². The van der Waals surface area contributed by atoms with Crippen molar-refractivity contribution in [2.75, 3.05) is 6.54 Å². The lowest BCUT2D eigenvalue weighted by molar-refractivity contribution is 0.249. The molecule has 0 saturated carbocycles. The van der Waals surface area contributed by atoms with Crippen LogP contribution in [-0.4, -0.2) is 21.4 Å². The molecule has 2 aromatic heterocycles. The highest BCUT2D eigenvalue weighted by atomic mass is 32.1. The van der Waals surface area contributed by atoms with Gasteiger partial charge in [0.15, 0.2) is 0 Å². The van der Waals surface area contributed by atoms with Crippen LogP contribution in [0.25, 0.3) is 10.2 Å². The molecule has 0 unspecified atom stereocenters. The number of hydrogen-bond acceptors (Lipinski definition) is 4. The Morgan fingerprint density at radius 1 is 1.32 bits per heavy atom. The van der Waals surface area contributed by atoms with E-state index in [4.69, 9.17) is 0 Å². The fourth-order valence-corrected chi connectivity index (χ4v) is 4.45. The maximum Gasteiger partial charge on any atom is 0.259 e. The van der Waals surface area contributed by atoms with Gasteiger partial charge in [-0.15, -0.1) is 11.3 Å². The molecule has 1 aliphatic heterocycles. The molecule has 0 amide bonds. The topological polar surface area (TPSA) is 49.0 Å². The number of aromatic amines is 1. The summed E-state index contributed by atoms with van der Waals surface area (Å²) in [5.41, 5.74) is 2.55. The lowest BCUT2D eigenvalue weighted by Gasteiger charge is -2.26. The molecular weight excluding hydrogens is 294 g/mol. The summed E-state index contributed by atoms with van der Waals surface area (Å²) in [6, 6.07) is 10.5. The van der Waals surface area contributed by atoms with E-state index in [0.717, 1.165) is 36.3 Å². The Kier molecular flexibility index (Phi) is 3.32. The third-order valence-electron chi connectivity index (χ3n) is 4.16. The van der Waals surface area contributed by atoms with Crippen LogP contribution in [0.4, 0.5) is 0 Å². The maximum atomic E-state index is 12.2. The van der Waals surface area contributed by atoms with Gasteiger partial charge in [0, 0.05) is 24.5 Å². The number of aromatic nitrogens is 2. The smallest absolute Gasteiger partial charge is 0.259 e. The van der Waals surface area contributed by atoms with Gasteiger partial charge in [0.1, 0.15) is 10.7 Å². The van der Waals surface area contributed by atoms with E-state index in [2.05, 4.69) is 39.1 Å². The molecule has 22 heavy (non-hydrogen) atoms. The highest BCUT2D eigenvalue weighted by Gasteiger charge is 2.23. The van der Waals surface area contributed by atoms with Crippen molar-refractivity contribution in [2.24, 2.45) is 0 Å². The zero-order valence-corrected chi connectivity index (χ0v) is 13.2. The summed E-state index contributed by atoms with van der Waals surface area (Å²) in [7, 11) is 0. The van der Waals surface area contributed by atoms with E-state index in [9.17, 15) is 4.79 Å². The molecular formula is C17H17N3OS. The highest BCUT2D eigenvalue weighted by molar-refractivity contribution is 7.18. The molecule has 0 fully saturated rings. The first kappa shape index (κ1) is 13.7. The van der Waals surface area contributed by atoms with Crippen LogP contribution in [0.2, 0.25) is 0 Å². The van der Waals surface area contributed by atoms with Gasteiger partial charge in [-0.25, -0.2) is 4.98 Å².